The number of esters is 1. The van der Waals surface area contributed by atoms with E-state index in [1.165, 1.54) is 4.90 Å². The first-order chi connectivity index (χ1) is 13.9. The number of ether oxygens (including phenoxy) is 1. The molecule has 4 amide bonds. The number of imide groups is 1. The minimum absolute atomic E-state index is 0.0119. The molecule has 1 saturated carbocycles. The van der Waals surface area contributed by atoms with Gasteiger partial charge in [0.2, 0.25) is 5.91 Å². The van der Waals surface area contributed by atoms with Crippen molar-refractivity contribution in [2.75, 3.05) is 40.3 Å². The number of nitrogens with zero attached hydrogens (tertiary/aromatic N) is 3. The number of hydrogen-bond acceptors (Lipinski definition) is 6. The van der Waals surface area contributed by atoms with Crippen LogP contribution in [0.2, 0.25) is 0 Å². The van der Waals surface area contributed by atoms with Crippen molar-refractivity contribution in [3.8, 4) is 0 Å². The van der Waals surface area contributed by atoms with Crippen molar-refractivity contribution in [2.24, 2.45) is 0 Å². The Labute approximate surface area is 179 Å². The predicted molar refractivity (Wildman–Crippen MR) is 112 cm³/mol. The molecule has 0 aromatic carbocycles. The maximum Gasteiger partial charge on any atom is 0.326 e. The summed E-state index contributed by atoms with van der Waals surface area (Å²) in [6, 6.07) is -0.429. The Morgan fingerprint density at radius 2 is 1.73 bits per heavy atom. The largest absolute Gasteiger partial charge is 0.459 e. The van der Waals surface area contributed by atoms with Gasteiger partial charge in [-0.3, -0.25) is 19.3 Å². The van der Waals surface area contributed by atoms with Gasteiger partial charge in [0.05, 0.1) is 0 Å². The monoisotopic (exact) mass is 424 g/mol. The average molecular weight is 425 g/mol. The van der Waals surface area contributed by atoms with E-state index in [1.54, 1.807) is 20.8 Å². The van der Waals surface area contributed by atoms with Crippen LogP contribution in [0.15, 0.2) is 0 Å². The second-order valence-corrected chi connectivity index (χ2v) is 9.48. The molecule has 2 aliphatic rings. The Balaban J connectivity index is 1.97. The van der Waals surface area contributed by atoms with Crippen LogP contribution in [0.1, 0.15) is 59.3 Å². The van der Waals surface area contributed by atoms with E-state index in [1.807, 2.05) is 19.0 Å². The summed E-state index contributed by atoms with van der Waals surface area (Å²) in [6.45, 7) is 6.11. The van der Waals surface area contributed by atoms with Crippen molar-refractivity contribution in [2.45, 2.75) is 70.4 Å². The van der Waals surface area contributed by atoms with Gasteiger partial charge in [-0.1, -0.05) is 19.3 Å². The molecular formula is C21H36N4O5. The number of nitrogens with one attached hydrogen (secondary N) is 1. The first-order valence-electron chi connectivity index (χ1n) is 10.7. The zero-order chi connectivity index (χ0) is 22.5. The fraction of sp³-hybridized carbons (Fsp3) is 0.810. The number of carbonyl (C=O) groups excluding carboxylic acids is 4. The van der Waals surface area contributed by atoms with Crippen molar-refractivity contribution in [1.29, 1.82) is 0 Å². The summed E-state index contributed by atoms with van der Waals surface area (Å²) in [6.07, 6.45) is 4.16. The number of hydrogen-bond donors (Lipinski definition) is 1. The first kappa shape index (κ1) is 24.1. The summed E-state index contributed by atoms with van der Waals surface area (Å²) >= 11 is 0. The van der Waals surface area contributed by atoms with Gasteiger partial charge in [-0.2, -0.15) is 0 Å². The Hall–Kier alpha value is -2.16. The van der Waals surface area contributed by atoms with Crippen LogP contribution >= 0.6 is 0 Å². The lowest BCUT2D eigenvalue weighted by Crippen LogP contribution is -2.48. The molecule has 1 heterocycles. The van der Waals surface area contributed by atoms with Gasteiger partial charge in [0.25, 0.3) is 5.91 Å². The molecule has 0 atom stereocenters. The Morgan fingerprint density at radius 3 is 2.30 bits per heavy atom. The Kier molecular flexibility index (Phi) is 7.85. The van der Waals surface area contributed by atoms with Crippen molar-refractivity contribution < 1.29 is 23.9 Å². The normalized spacial score (nSPS) is 18.7. The fourth-order valence-corrected chi connectivity index (χ4v) is 3.88. The van der Waals surface area contributed by atoms with E-state index in [4.69, 9.17) is 4.74 Å². The minimum Gasteiger partial charge on any atom is -0.459 e. The molecule has 170 valence electrons. The molecule has 0 aromatic rings. The number of rotatable bonds is 8. The molecule has 1 aliphatic carbocycles. The van der Waals surface area contributed by atoms with Gasteiger partial charge < -0.3 is 19.9 Å². The first-order valence-corrected chi connectivity index (χ1v) is 10.7. The zero-order valence-electron chi connectivity index (χ0n) is 19.0. The molecule has 9 nitrogen and oxygen atoms in total. The lowest BCUT2D eigenvalue weighted by Gasteiger charge is -2.30. The molecule has 1 aliphatic heterocycles. The molecule has 9 heteroatoms. The Bertz CT molecular complexity index is 665. The average Bonchev–Trinajstić information content (AvgIpc) is 2.85. The topological polar surface area (TPSA) is 99.3 Å². The van der Waals surface area contributed by atoms with Crippen molar-refractivity contribution >= 4 is 23.8 Å². The summed E-state index contributed by atoms with van der Waals surface area (Å²) in [5.41, 5.74) is -1.43. The van der Waals surface area contributed by atoms with Crippen LogP contribution in [0, 0.1) is 0 Å². The van der Waals surface area contributed by atoms with E-state index in [0.717, 1.165) is 24.2 Å². The highest BCUT2D eigenvalue weighted by Crippen LogP contribution is 2.33. The molecule has 0 aromatic heterocycles. The third-order valence-electron chi connectivity index (χ3n) is 5.41. The van der Waals surface area contributed by atoms with Gasteiger partial charge in [0.1, 0.15) is 17.7 Å². The molecule has 0 unspecified atom stereocenters. The molecule has 0 bridgehead atoms. The molecule has 30 heavy (non-hydrogen) atoms. The van der Waals surface area contributed by atoms with Crippen LogP contribution in [0.5, 0.6) is 0 Å². The van der Waals surface area contributed by atoms with E-state index in [2.05, 4.69) is 5.32 Å². The molecule has 2 rings (SSSR count). The second-order valence-electron chi connectivity index (χ2n) is 9.48. The Morgan fingerprint density at radius 1 is 1.10 bits per heavy atom. The molecule has 1 spiro atoms. The lowest BCUT2D eigenvalue weighted by atomic mass is 9.82. The highest BCUT2D eigenvalue weighted by molar-refractivity contribution is 6.07. The second kappa shape index (κ2) is 9.76. The van der Waals surface area contributed by atoms with Crippen molar-refractivity contribution in [3.63, 3.8) is 0 Å². The van der Waals surface area contributed by atoms with Crippen LogP contribution in [0.3, 0.4) is 0 Å². The van der Waals surface area contributed by atoms with Crippen LogP contribution in [-0.2, 0) is 19.1 Å². The zero-order valence-corrected chi connectivity index (χ0v) is 19.0. The number of carbonyl (C=O) groups is 4. The number of likely N-dealkylation sites (N-methyl/N-ethyl adjacent to an activating group) is 1. The van der Waals surface area contributed by atoms with Gasteiger partial charge in [-0.05, 0) is 47.7 Å². The van der Waals surface area contributed by atoms with E-state index in [-0.39, 0.29) is 31.3 Å². The lowest BCUT2D eigenvalue weighted by molar-refractivity contribution is -0.159. The van der Waals surface area contributed by atoms with Crippen LogP contribution in [-0.4, -0.2) is 89.9 Å². The van der Waals surface area contributed by atoms with Gasteiger partial charge in [0.15, 0.2) is 0 Å². The highest BCUT2D eigenvalue weighted by Gasteiger charge is 2.51. The molecule has 1 N–H and O–H groups in total. The molecule has 2 fully saturated rings. The van der Waals surface area contributed by atoms with E-state index < -0.39 is 23.1 Å². The van der Waals surface area contributed by atoms with Gasteiger partial charge in [-0.25, -0.2) is 4.79 Å². The van der Waals surface area contributed by atoms with Gasteiger partial charge >= 0.3 is 12.0 Å². The summed E-state index contributed by atoms with van der Waals surface area (Å²) in [5, 5.41) is 2.85. The quantitative estimate of drug-likeness (QED) is 0.467. The van der Waals surface area contributed by atoms with E-state index in [9.17, 15) is 19.2 Å². The summed E-state index contributed by atoms with van der Waals surface area (Å²) in [7, 11) is 3.76. The van der Waals surface area contributed by atoms with Crippen molar-refractivity contribution in [1.82, 2.24) is 20.0 Å². The van der Waals surface area contributed by atoms with E-state index >= 15 is 0 Å². The minimum atomic E-state index is -0.792. The van der Waals surface area contributed by atoms with Crippen molar-refractivity contribution in [3.05, 3.63) is 0 Å². The molecular weight excluding hydrogens is 388 g/mol. The van der Waals surface area contributed by atoms with Gasteiger partial charge in [0, 0.05) is 26.1 Å². The smallest absolute Gasteiger partial charge is 0.326 e. The van der Waals surface area contributed by atoms with Crippen LogP contribution in [0.25, 0.3) is 0 Å². The van der Waals surface area contributed by atoms with E-state index in [0.29, 0.717) is 25.9 Å². The third kappa shape index (κ3) is 6.42. The third-order valence-corrected chi connectivity index (χ3v) is 5.41. The summed E-state index contributed by atoms with van der Waals surface area (Å²) in [5.74, 6) is -0.995. The molecule has 1 saturated heterocycles. The number of amides is 4. The van der Waals surface area contributed by atoms with Crippen LogP contribution in [0.4, 0.5) is 4.79 Å². The highest BCUT2D eigenvalue weighted by atomic mass is 16.6. The van der Waals surface area contributed by atoms with Gasteiger partial charge in [-0.15, -0.1) is 0 Å². The molecule has 0 radical (unpaired) electrons. The maximum atomic E-state index is 12.9. The summed E-state index contributed by atoms with van der Waals surface area (Å²) < 4.78 is 5.34. The summed E-state index contributed by atoms with van der Waals surface area (Å²) in [4.78, 5) is 54.8. The standard InChI is InChI=1S/C21H36N4O5/c1-20(2,3)30-17(27)15-24(14-13-23(4)5)16(26)9-12-25-18(28)21(22-19(25)29)10-7-6-8-11-21/h6-15H2,1-5H3,(H,22,29). The van der Waals surface area contributed by atoms with Crippen LogP contribution < -0.4 is 5.32 Å². The fourth-order valence-electron chi connectivity index (χ4n) is 3.88. The SMILES string of the molecule is CN(C)CCN(CC(=O)OC(C)(C)C)C(=O)CCN1C(=O)NC2(CCCCC2)C1=O. The maximum absolute atomic E-state index is 12.9. The predicted octanol–water partition coefficient (Wildman–Crippen LogP) is 1.36. The number of urea groups is 1.